The van der Waals surface area contributed by atoms with Gasteiger partial charge in [-0.15, -0.1) is 0 Å². The van der Waals surface area contributed by atoms with Crippen molar-refractivity contribution in [1.29, 1.82) is 0 Å². The Hall–Kier alpha value is -8.01. The van der Waals surface area contributed by atoms with Crippen LogP contribution in [0.4, 0.5) is 0 Å². The fraction of sp³-hybridized carbons (Fsp3) is 0. The lowest BCUT2D eigenvalue weighted by atomic mass is 9.90. The maximum atomic E-state index is 5.15. The fourth-order valence-corrected chi connectivity index (χ4v) is 7.84. The van der Waals surface area contributed by atoms with E-state index >= 15 is 0 Å². The van der Waals surface area contributed by atoms with Crippen LogP contribution in [0.1, 0.15) is 0 Å². The number of hydrogen-bond donors (Lipinski definition) is 0. The van der Waals surface area contributed by atoms with Gasteiger partial charge in [-0.1, -0.05) is 206 Å². The largest absolute Gasteiger partial charge is 0.208 e. The third kappa shape index (κ3) is 7.68. The molecule has 10 aromatic rings. The molecule has 0 aliphatic carbocycles. The summed E-state index contributed by atoms with van der Waals surface area (Å²) < 4.78 is 0. The highest BCUT2D eigenvalue weighted by molar-refractivity contribution is 5.88. The number of rotatable bonds is 9. The standard InChI is InChI=1S/C57H39N3/c1-6-17-40(18-7-1)47-27-16-28-48(35-47)56-58-55(46-25-14-5-15-26-46)59-57(60-56)49-33-34-53(54(39-49)44-23-12-4-13-24-44)45-31-29-43(30-32-45)52-37-50(41-19-8-2-9-20-41)36-51(38-52)42-21-10-3-11-22-42/h1-39H. The summed E-state index contributed by atoms with van der Waals surface area (Å²) in [6.07, 6.45) is 0. The van der Waals surface area contributed by atoms with Crippen molar-refractivity contribution in [2.45, 2.75) is 0 Å². The molecule has 1 heterocycles. The Morgan fingerprint density at radius 3 is 0.967 bits per heavy atom. The predicted molar refractivity (Wildman–Crippen MR) is 249 cm³/mol. The molecule has 0 spiro atoms. The summed E-state index contributed by atoms with van der Waals surface area (Å²) >= 11 is 0. The van der Waals surface area contributed by atoms with Crippen LogP contribution in [0, 0.1) is 0 Å². The van der Waals surface area contributed by atoms with E-state index < -0.39 is 0 Å². The quantitative estimate of drug-likeness (QED) is 0.147. The average molecular weight is 766 g/mol. The van der Waals surface area contributed by atoms with Crippen LogP contribution in [0.25, 0.3) is 101 Å². The van der Waals surface area contributed by atoms with E-state index in [1.807, 2.05) is 36.4 Å². The highest BCUT2D eigenvalue weighted by Gasteiger charge is 2.17. The van der Waals surface area contributed by atoms with Crippen molar-refractivity contribution >= 4 is 0 Å². The number of nitrogens with zero attached hydrogens (tertiary/aromatic N) is 3. The minimum Gasteiger partial charge on any atom is -0.208 e. The molecule has 60 heavy (non-hydrogen) atoms. The average Bonchev–Trinajstić information content (AvgIpc) is 3.35. The molecule has 0 atom stereocenters. The third-order valence-electron chi connectivity index (χ3n) is 10.9. The van der Waals surface area contributed by atoms with Crippen molar-refractivity contribution in [3.05, 3.63) is 237 Å². The van der Waals surface area contributed by atoms with Crippen LogP contribution < -0.4 is 0 Å². The molecule has 3 nitrogen and oxygen atoms in total. The van der Waals surface area contributed by atoms with E-state index in [-0.39, 0.29) is 0 Å². The van der Waals surface area contributed by atoms with E-state index in [1.165, 1.54) is 27.8 Å². The first kappa shape index (κ1) is 36.3. The Bertz CT molecular complexity index is 2980. The first-order chi connectivity index (χ1) is 29.7. The molecule has 282 valence electrons. The molecule has 0 amide bonds. The first-order valence-corrected chi connectivity index (χ1v) is 20.3. The molecule has 0 unspecified atom stereocenters. The topological polar surface area (TPSA) is 38.7 Å². The summed E-state index contributed by atoms with van der Waals surface area (Å²) in [6, 6.07) is 83.2. The van der Waals surface area contributed by atoms with Gasteiger partial charge >= 0.3 is 0 Å². The van der Waals surface area contributed by atoms with Crippen molar-refractivity contribution in [1.82, 2.24) is 15.0 Å². The highest BCUT2D eigenvalue weighted by Crippen LogP contribution is 2.38. The second-order valence-electron chi connectivity index (χ2n) is 14.9. The number of aromatic nitrogens is 3. The molecule has 10 rings (SSSR count). The van der Waals surface area contributed by atoms with Gasteiger partial charge in [0.05, 0.1) is 0 Å². The van der Waals surface area contributed by atoms with Crippen molar-refractivity contribution in [2.75, 3.05) is 0 Å². The Morgan fingerprint density at radius 1 is 0.167 bits per heavy atom. The molecule has 9 aromatic carbocycles. The first-order valence-electron chi connectivity index (χ1n) is 20.3. The molecule has 0 radical (unpaired) electrons. The monoisotopic (exact) mass is 765 g/mol. The molecular formula is C57H39N3. The van der Waals surface area contributed by atoms with Gasteiger partial charge in [-0.25, -0.2) is 15.0 Å². The van der Waals surface area contributed by atoms with E-state index in [4.69, 9.17) is 15.0 Å². The summed E-state index contributed by atoms with van der Waals surface area (Å²) in [5, 5.41) is 0. The van der Waals surface area contributed by atoms with Crippen LogP contribution in [0.5, 0.6) is 0 Å². The van der Waals surface area contributed by atoms with E-state index in [9.17, 15) is 0 Å². The lowest BCUT2D eigenvalue weighted by molar-refractivity contribution is 1.07. The summed E-state index contributed by atoms with van der Waals surface area (Å²) in [7, 11) is 0. The normalized spacial score (nSPS) is 11.0. The zero-order valence-corrected chi connectivity index (χ0v) is 32.9. The predicted octanol–water partition coefficient (Wildman–Crippen LogP) is 14.9. The number of benzene rings is 9. The Morgan fingerprint density at radius 2 is 0.467 bits per heavy atom. The van der Waals surface area contributed by atoms with Gasteiger partial charge in [0.2, 0.25) is 0 Å². The second-order valence-corrected chi connectivity index (χ2v) is 14.9. The zero-order chi connectivity index (χ0) is 40.1. The molecule has 0 aliphatic rings. The Kier molecular flexibility index (Phi) is 9.97. The summed E-state index contributed by atoms with van der Waals surface area (Å²) in [5.74, 6) is 1.88. The Balaban J connectivity index is 1.06. The van der Waals surface area contributed by atoms with E-state index in [1.54, 1.807) is 0 Å². The van der Waals surface area contributed by atoms with Crippen molar-refractivity contribution in [2.24, 2.45) is 0 Å². The van der Waals surface area contributed by atoms with Gasteiger partial charge in [0.25, 0.3) is 0 Å². The third-order valence-corrected chi connectivity index (χ3v) is 10.9. The van der Waals surface area contributed by atoms with Gasteiger partial charge in [0.1, 0.15) is 0 Å². The van der Waals surface area contributed by atoms with Gasteiger partial charge < -0.3 is 0 Å². The van der Waals surface area contributed by atoms with Crippen LogP contribution >= 0.6 is 0 Å². The maximum absolute atomic E-state index is 5.15. The van der Waals surface area contributed by atoms with Crippen LogP contribution in [-0.4, -0.2) is 15.0 Å². The lowest BCUT2D eigenvalue weighted by Gasteiger charge is -2.15. The lowest BCUT2D eigenvalue weighted by Crippen LogP contribution is -2.00. The van der Waals surface area contributed by atoms with Gasteiger partial charge in [-0.2, -0.15) is 0 Å². The van der Waals surface area contributed by atoms with Crippen LogP contribution in [-0.2, 0) is 0 Å². The Labute approximate surface area is 351 Å². The fourth-order valence-electron chi connectivity index (χ4n) is 7.84. The molecule has 0 N–H and O–H groups in total. The molecule has 3 heteroatoms. The van der Waals surface area contributed by atoms with Crippen LogP contribution in [0.3, 0.4) is 0 Å². The van der Waals surface area contributed by atoms with Gasteiger partial charge in [-0.3, -0.25) is 0 Å². The van der Waals surface area contributed by atoms with Crippen molar-refractivity contribution in [3.63, 3.8) is 0 Å². The molecular weight excluding hydrogens is 727 g/mol. The van der Waals surface area contributed by atoms with Crippen molar-refractivity contribution in [3.8, 4) is 101 Å². The molecule has 0 aliphatic heterocycles. The molecule has 0 fully saturated rings. The highest BCUT2D eigenvalue weighted by atomic mass is 15.0. The second kappa shape index (κ2) is 16.5. The van der Waals surface area contributed by atoms with Gasteiger partial charge in [0, 0.05) is 16.7 Å². The minimum absolute atomic E-state index is 0.621. The number of hydrogen-bond acceptors (Lipinski definition) is 3. The smallest absolute Gasteiger partial charge is 0.164 e. The summed E-state index contributed by atoms with van der Waals surface area (Å²) in [4.78, 5) is 15.3. The molecule has 1 aromatic heterocycles. The SMILES string of the molecule is c1ccc(-c2cc(-c3ccccc3)cc(-c3ccc(-c4ccc(-c5nc(-c6ccccc6)nc(-c6cccc(-c7ccccc7)c6)n5)cc4-c4ccccc4)cc3)c2)cc1. The van der Waals surface area contributed by atoms with Crippen LogP contribution in [0.15, 0.2) is 237 Å². The summed E-state index contributed by atoms with van der Waals surface area (Å²) in [6.45, 7) is 0. The minimum atomic E-state index is 0.621. The summed E-state index contributed by atoms with van der Waals surface area (Å²) in [5.41, 5.74) is 16.6. The van der Waals surface area contributed by atoms with E-state index in [0.717, 1.165) is 55.6 Å². The maximum Gasteiger partial charge on any atom is 0.164 e. The van der Waals surface area contributed by atoms with Gasteiger partial charge in [-0.05, 0) is 97.1 Å². The molecule has 0 saturated carbocycles. The van der Waals surface area contributed by atoms with Crippen molar-refractivity contribution < 1.29 is 0 Å². The zero-order valence-electron chi connectivity index (χ0n) is 32.9. The molecule has 0 bridgehead atoms. The van der Waals surface area contributed by atoms with Gasteiger partial charge in [0.15, 0.2) is 17.5 Å². The van der Waals surface area contributed by atoms with E-state index in [2.05, 4.69) is 200 Å². The van der Waals surface area contributed by atoms with E-state index in [0.29, 0.717) is 17.5 Å². The van der Waals surface area contributed by atoms with Crippen LogP contribution in [0.2, 0.25) is 0 Å². The molecule has 0 saturated heterocycles.